The third-order valence-electron chi connectivity index (χ3n) is 4.03. The molecule has 2 aromatic rings. The van der Waals surface area contributed by atoms with E-state index >= 15 is 0 Å². The summed E-state index contributed by atoms with van der Waals surface area (Å²) < 4.78 is 23.7. The first-order valence-corrected chi connectivity index (χ1v) is 9.00. The molecule has 0 atom stereocenters. The molecule has 0 aliphatic heterocycles. The minimum atomic E-state index is -3.87. The van der Waals surface area contributed by atoms with Gasteiger partial charge >= 0.3 is 0 Å². The van der Waals surface area contributed by atoms with Crippen LogP contribution in [0.3, 0.4) is 0 Å². The van der Waals surface area contributed by atoms with Crippen molar-refractivity contribution in [1.82, 2.24) is 0 Å². The third-order valence-corrected chi connectivity index (χ3v) is 5.01. The third kappa shape index (κ3) is 3.18. The molecule has 0 radical (unpaired) electrons. The average Bonchev–Trinajstić information content (AvgIpc) is 3.01. The van der Waals surface area contributed by atoms with E-state index in [1.807, 2.05) is 0 Å². The number of terminal acetylenes is 1. The summed E-state index contributed by atoms with van der Waals surface area (Å²) in [7, 11) is -3.87. The van der Waals surface area contributed by atoms with E-state index in [4.69, 9.17) is 11.6 Å². The van der Waals surface area contributed by atoms with E-state index in [9.17, 15) is 13.2 Å². The summed E-state index contributed by atoms with van der Waals surface area (Å²) in [4.78, 5) is 12.5. The number of fused-ring (bicyclic) bond motifs is 1. The highest BCUT2D eigenvalue weighted by molar-refractivity contribution is 7.89. The van der Waals surface area contributed by atoms with Gasteiger partial charge in [-0.15, -0.1) is 6.42 Å². The number of nitrogens with two attached hydrogens (primary N) is 1. The Morgan fingerprint density at radius 2 is 2.00 bits per heavy atom. The molecule has 5 nitrogen and oxygen atoms in total. The molecule has 1 aliphatic rings. The number of sulfonamides is 1. The molecule has 0 fully saturated rings. The Balaban J connectivity index is 1.97. The highest BCUT2D eigenvalue weighted by Crippen LogP contribution is 2.29. The molecule has 0 saturated heterocycles. The summed E-state index contributed by atoms with van der Waals surface area (Å²) in [5, 5.41) is 8.04. The predicted molar refractivity (Wildman–Crippen MR) is 92.2 cm³/mol. The molecule has 3 N–H and O–H groups in total. The zero-order valence-corrected chi connectivity index (χ0v) is 13.7. The van der Waals surface area contributed by atoms with Crippen LogP contribution in [0.1, 0.15) is 33.5 Å². The van der Waals surface area contributed by atoms with Crippen LogP contribution in [0.25, 0.3) is 0 Å². The summed E-state index contributed by atoms with van der Waals surface area (Å²) in [6.07, 6.45) is 7.60. The highest BCUT2D eigenvalue weighted by atomic mass is 32.2. The summed E-state index contributed by atoms with van der Waals surface area (Å²) in [5.74, 6) is 2.10. The van der Waals surface area contributed by atoms with Crippen molar-refractivity contribution >= 4 is 21.6 Å². The number of carbonyl (C=O) groups excluding carboxylic acids is 1. The van der Waals surface area contributed by atoms with Crippen molar-refractivity contribution in [2.24, 2.45) is 5.14 Å². The maximum Gasteiger partial charge on any atom is 0.255 e. The van der Waals surface area contributed by atoms with E-state index in [-0.39, 0.29) is 10.5 Å². The highest BCUT2D eigenvalue weighted by Gasteiger charge is 2.24. The van der Waals surface area contributed by atoms with Crippen molar-refractivity contribution in [3.63, 3.8) is 0 Å². The van der Waals surface area contributed by atoms with E-state index in [1.165, 1.54) is 6.07 Å². The number of amides is 1. The molecule has 6 heteroatoms. The number of anilines is 1. The minimum absolute atomic E-state index is 0.0417. The lowest BCUT2D eigenvalue weighted by Crippen LogP contribution is -2.18. The second kappa shape index (κ2) is 6.11. The van der Waals surface area contributed by atoms with Gasteiger partial charge in [-0.3, -0.25) is 4.79 Å². The Bertz CT molecular complexity index is 972. The Labute approximate surface area is 140 Å². The van der Waals surface area contributed by atoms with Gasteiger partial charge in [0, 0.05) is 16.8 Å². The number of carbonyl (C=O) groups is 1. The van der Waals surface area contributed by atoms with Gasteiger partial charge in [-0.05, 0) is 60.7 Å². The topological polar surface area (TPSA) is 89.3 Å². The molecular weight excluding hydrogens is 324 g/mol. The normalized spacial score (nSPS) is 13.2. The van der Waals surface area contributed by atoms with Gasteiger partial charge in [-0.2, -0.15) is 0 Å². The SMILES string of the molecule is C#Cc1cccc(NC(=O)c2cc3c(c(S(N)(=O)=O)c2)CCC3)c1. The van der Waals surface area contributed by atoms with Crippen LogP contribution >= 0.6 is 0 Å². The Kier molecular flexibility index (Phi) is 4.14. The van der Waals surface area contributed by atoms with E-state index < -0.39 is 15.9 Å². The molecule has 0 saturated carbocycles. The molecule has 0 aromatic heterocycles. The smallest absolute Gasteiger partial charge is 0.255 e. The van der Waals surface area contributed by atoms with E-state index in [2.05, 4.69) is 11.2 Å². The Hall–Kier alpha value is -2.62. The van der Waals surface area contributed by atoms with Gasteiger partial charge in [0.1, 0.15) is 0 Å². The predicted octanol–water partition coefficient (Wildman–Crippen LogP) is 2.06. The first kappa shape index (κ1) is 16.2. The Morgan fingerprint density at radius 3 is 2.71 bits per heavy atom. The van der Waals surface area contributed by atoms with Gasteiger partial charge in [0.15, 0.2) is 0 Å². The summed E-state index contributed by atoms with van der Waals surface area (Å²) >= 11 is 0. The number of primary sulfonamides is 1. The van der Waals surface area contributed by atoms with Crippen LogP contribution in [0.15, 0.2) is 41.3 Å². The van der Waals surface area contributed by atoms with Crippen LogP contribution in [0.5, 0.6) is 0 Å². The summed E-state index contributed by atoms with van der Waals surface area (Å²) in [5.41, 5.74) is 3.05. The lowest BCUT2D eigenvalue weighted by molar-refractivity contribution is 0.102. The molecule has 0 unspecified atom stereocenters. The molecule has 0 bridgehead atoms. The van der Waals surface area contributed by atoms with Gasteiger partial charge in [0.25, 0.3) is 5.91 Å². The maximum atomic E-state index is 12.5. The van der Waals surface area contributed by atoms with Crippen molar-refractivity contribution < 1.29 is 13.2 Å². The standard InChI is InChI=1S/C18H16N2O3S/c1-2-12-5-3-7-15(9-12)20-18(21)14-10-13-6-4-8-16(13)17(11-14)24(19,22)23/h1,3,5,7,9-11H,4,6,8H2,(H,20,21)(H2,19,22,23). The summed E-state index contributed by atoms with van der Waals surface area (Å²) in [6, 6.07) is 9.96. The van der Waals surface area contributed by atoms with Crippen LogP contribution in [-0.2, 0) is 22.9 Å². The van der Waals surface area contributed by atoms with Crippen molar-refractivity contribution in [1.29, 1.82) is 0 Å². The van der Waals surface area contributed by atoms with E-state index in [1.54, 1.807) is 30.3 Å². The van der Waals surface area contributed by atoms with Crippen LogP contribution in [-0.4, -0.2) is 14.3 Å². The van der Waals surface area contributed by atoms with Gasteiger partial charge in [0.2, 0.25) is 10.0 Å². The van der Waals surface area contributed by atoms with Crippen molar-refractivity contribution in [2.45, 2.75) is 24.2 Å². The van der Waals surface area contributed by atoms with Gasteiger partial charge < -0.3 is 5.32 Å². The quantitative estimate of drug-likeness (QED) is 0.838. The van der Waals surface area contributed by atoms with Crippen LogP contribution in [0.4, 0.5) is 5.69 Å². The van der Waals surface area contributed by atoms with Crippen molar-refractivity contribution in [2.75, 3.05) is 5.32 Å². The fourth-order valence-corrected chi connectivity index (χ4v) is 3.81. The molecular formula is C18H16N2O3S. The fraction of sp³-hybridized carbons (Fsp3) is 0.167. The molecule has 0 spiro atoms. The van der Waals surface area contributed by atoms with E-state index in [0.717, 1.165) is 24.0 Å². The lowest BCUT2D eigenvalue weighted by atomic mass is 10.1. The second-order valence-corrected chi connectivity index (χ2v) is 7.22. The molecule has 24 heavy (non-hydrogen) atoms. The molecule has 0 heterocycles. The monoisotopic (exact) mass is 340 g/mol. The van der Waals surface area contributed by atoms with Crippen molar-refractivity contribution in [3.05, 3.63) is 58.7 Å². The number of hydrogen-bond acceptors (Lipinski definition) is 3. The van der Waals surface area contributed by atoms with Gasteiger partial charge in [0.05, 0.1) is 4.90 Å². The van der Waals surface area contributed by atoms with Crippen LogP contribution in [0.2, 0.25) is 0 Å². The maximum absolute atomic E-state index is 12.5. The lowest BCUT2D eigenvalue weighted by Gasteiger charge is -2.11. The number of aryl methyl sites for hydroxylation is 1. The van der Waals surface area contributed by atoms with Gasteiger partial charge in [-0.25, -0.2) is 13.6 Å². The number of hydrogen-bond donors (Lipinski definition) is 2. The van der Waals surface area contributed by atoms with Crippen molar-refractivity contribution in [3.8, 4) is 12.3 Å². The average molecular weight is 340 g/mol. The number of rotatable bonds is 3. The van der Waals surface area contributed by atoms with Gasteiger partial charge in [-0.1, -0.05) is 12.0 Å². The number of benzene rings is 2. The van der Waals surface area contributed by atoms with Crippen LogP contribution < -0.4 is 10.5 Å². The zero-order valence-electron chi connectivity index (χ0n) is 12.9. The first-order valence-electron chi connectivity index (χ1n) is 7.45. The molecule has 122 valence electrons. The molecule has 1 amide bonds. The Morgan fingerprint density at radius 1 is 1.21 bits per heavy atom. The molecule has 3 rings (SSSR count). The second-order valence-electron chi connectivity index (χ2n) is 5.69. The largest absolute Gasteiger partial charge is 0.322 e. The number of nitrogens with one attached hydrogen (secondary N) is 1. The first-order chi connectivity index (χ1) is 11.4. The zero-order chi connectivity index (χ0) is 17.3. The fourth-order valence-electron chi connectivity index (χ4n) is 2.94. The molecule has 2 aromatic carbocycles. The van der Waals surface area contributed by atoms with E-state index in [0.29, 0.717) is 17.7 Å². The minimum Gasteiger partial charge on any atom is -0.322 e. The summed E-state index contributed by atoms with van der Waals surface area (Å²) in [6.45, 7) is 0. The molecule has 1 aliphatic carbocycles. The van der Waals surface area contributed by atoms with Crippen LogP contribution in [0, 0.1) is 12.3 Å².